The molecule has 1 aromatic carbocycles. The quantitative estimate of drug-likeness (QED) is 0.407. The molecule has 0 saturated heterocycles. The monoisotopic (exact) mass is 403 g/mol. The second kappa shape index (κ2) is 7.36. The van der Waals surface area contributed by atoms with Crippen molar-refractivity contribution in [2.45, 2.75) is 24.1 Å². The Morgan fingerprint density at radius 3 is 1.56 bits per heavy atom. The molecule has 0 aliphatic carbocycles. The Bertz CT molecular complexity index is 541. The fourth-order valence-electron chi connectivity index (χ4n) is 1.70. The summed E-state index contributed by atoms with van der Waals surface area (Å²) < 4.78 is 132. The van der Waals surface area contributed by atoms with Crippen LogP contribution in [-0.2, 0) is 9.30 Å². The predicted molar refractivity (Wildman–Crippen MR) is 67.4 cm³/mol. The smallest absolute Gasteiger partial charge is 0.435 e. The number of hydrogen-bond acceptors (Lipinski definition) is 3. The van der Waals surface area contributed by atoms with Crippen LogP contribution in [0.25, 0.3) is 0 Å². The number of alkyl halides is 9. The first kappa shape index (κ1) is 21.5. The zero-order valence-electron chi connectivity index (χ0n) is 11.9. The lowest BCUT2D eigenvalue weighted by molar-refractivity contribution is -0.457. The molecule has 142 valence electrons. The molecule has 0 radical (unpaired) electrons. The Balaban J connectivity index is 2.87. The van der Waals surface area contributed by atoms with Gasteiger partial charge in [0.2, 0.25) is 0 Å². The molecule has 3 nitrogen and oxygen atoms in total. The highest BCUT2D eigenvalue weighted by atomic mass is 31.1. The highest BCUT2D eigenvalue weighted by Crippen LogP contribution is 2.54. The summed E-state index contributed by atoms with van der Waals surface area (Å²) in [6.45, 7) is -2.65. The number of ether oxygens (including phenoxy) is 2. The average Bonchev–Trinajstić information content (AvgIpc) is 2.43. The van der Waals surface area contributed by atoms with E-state index in [0.29, 0.717) is 5.30 Å². The highest BCUT2D eigenvalue weighted by molar-refractivity contribution is 7.34. The van der Waals surface area contributed by atoms with Crippen LogP contribution in [-0.4, -0.2) is 37.3 Å². The molecular formula is C12H9F9O3P+. The molecule has 0 heterocycles. The van der Waals surface area contributed by atoms with Crippen molar-refractivity contribution in [2.24, 2.45) is 0 Å². The van der Waals surface area contributed by atoms with Crippen LogP contribution in [0.5, 0.6) is 5.75 Å². The standard InChI is InChI=1S/C12H8F9O3P/c13-10(14,15)9(11(16,17)18,12(19,20)21)24-6-5-23-7-1-3-8(25-22)4-2-7/h1-4H,5-6H2/p+1. The van der Waals surface area contributed by atoms with Crippen LogP contribution in [0.1, 0.15) is 0 Å². The second-order valence-electron chi connectivity index (χ2n) is 4.50. The summed E-state index contributed by atoms with van der Waals surface area (Å²) in [5, 5.41) is 0.355. The average molecular weight is 403 g/mol. The van der Waals surface area contributed by atoms with Gasteiger partial charge in [0.15, 0.2) is 5.30 Å². The first-order valence-corrected chi connectivity index (χ1v) is 7.12. The fourth-order valence-corrected chi connectivity index (χ4v) is 2.00. The predicted octanol–water partition coefficient (Wildman–Crippen LogP) is 4.16. The molecule has 0 spiro atoms. The van der Waals surface area contributed by atoms with Crippen molar-refractivity contribution in [3.63, 3.8) is 0 Å². The minimum atomic E-state index is -6.78. The highest BCUT2D eigenvalue weighted by Gasteiger charge is 2.85. The normalized spacial score (nSPS) is 14.0. The summed E-state index contributed by atoms with van der Waals surface area (Å²) in [6.07, 6.45) is -20.3. The van der Waals surface area contributed by atoms with E-state index in [2.05, 4.69) is 4.74 Å². The second-order valence-corrected chi connectivity index (χ2v) is 5.28. The summed E-state index contributed by atoms with van der Waals surface area (Å²) in [4.78, 5) is 0. The van der Waals surface area contributed by atoms with Gasteiger partial charge in [0, 0.05) is 0 Å². The lowest BCUT2D eigenvalue weighted by Crippen LogP contribution is -2.68. The van der Waals surface area contributed by atoms with E-state index in [1.807, 2.05) is 0 Å². The molecule has 0 aromatic heterocycles. The molecule has 0 fully saturated rings. The third-order valence-corrected chi connectivity index (χ3v) is 3.41. The molecule has 0 bridgehead atoms. The molecule has 0 saturated carbocycles. The molecular weight excluding hydrogens is 394 g/mol. The van der Waals surface area contributed by atoms with Crippen LogP contribution in [0.2, 0.25) is 0 Å². The number of halogens is 9. The first-order chi connectivity index (χ1) is 11.3. The van der Waals surface area contributed by atoms with Crippen molar-refractivity contribution in [2.75, 3.05) is 13.2 Å². The van der Waals surface area contributed by atoms with Gasteiger partial charge in [-0.3, -0.25) is 0 Å². The van der Waals surface area contributed by atoms with Crippen molar-refractivity contribution in [3.8, 4) is 5.75 Å². The molecule has 0 N–H and O–H groups in total. The Morgan fingerprint density at radius 1 is 0.760 bits per heavy atom. The van der Waals surface area contributed by atoms with Gasteiger partial charge in [-0.15, -0.1) is 0 Å². The van der Waals surface area contributed by atoms with Crippen LogP contribution >= 0.6 is 8.46 Å². The topological polar surface area (TPSA) is 35.5 Å². The van der Waals surface area contributed by atoms with Crippen LogP contribution in [0.15, 0.2) is 24.3 Å². The van der Waals surface area contributed by atoms with Crippen molar-refractivity contribution >= 4 is 13.8 Å². The maximum atomic E-state index is 12.6. The van der Waals surface area contributed by atoms with E-state index in [0.717, 1.165) is 0 Å². The first-order valence-electron chi connectivity index (χ1n) is 6.21. The third kappa shape index (κ3) is 4.55. The zero-order chi connectivity index (χ0) is 19.5. The summed E-state index contributed by atoms with van der Waals surface area (Å²) in [5.74, 6) is -0.0674. The van der Waals surface area contributed by atoms with Gasteiger partial charge in [-0.1, -0.05) is 4.57 Å². The summed E-state index contributed by atoms with van der Waals surface area (Å²) >= 11 is 0. The van der Waals surface area contributed by atoms with Gasteiger partial charge in [-0.25, -0.2) is 0 Å². The molecule has 0 aliphatic rings. The molecule has 1 unspecified atom stereocenters. The van der Waals surface area contributed by atoms with Crippen LogP contribution in [0.3, 0.4) is 0 Å². The molecule has 0 aliphatic heterocycles. The van der Waals surface area contributed by atoms with E-state index in [1.54, 1.807) is 0 Å². The van der Waals surface area contributed by atoms with Crippen LogP contribution in [0.4, 0.5) is 39.5 Å². The Kier molecular flexibility index (Phi) is 6.33. The minimum Gasteiger partial charge on any atom is -0.491 e. The maximum Gasteiger partial charge on any atom is 0.435 e. The minimum absolute atomic E-state index is 0.0674. The zero-order valence-corrected chi connectivity index (χ0v) is 12.9. The third-order valence-electron chi connectivity index (χ3n) is 2.84. The molecule has 0 amide bonds. The van der Waals surface area contributed by atoms with Gasteiger partial charge >= 0.3 is 32.6 Å². The van der Waals surface area contributed by atoms with E-state index in [-0.39, 0.29) is 5.75 Å². The summed E-state index contributed by atoms with van der Waals surface area (Å²) in [7, 11) is -0.804. The maximum absolute atomic E-state index is 12.6. The number of hydrogen-bond donors (Lipinski definition) is 0. The lowest BCUT2D eigenvalue weighted by atomic mass is 10.0. The number of rotatable bonds is 6. The van der Waals surface area contributed by atoms with E-state index < -0.39 is 45.8 Å². The van der Waals surface area contributed by atoms with Gasteiger partial charge in [0.1, 0.15) is 12.4 Å². The lowest BCUT2D eigenvalue weighted by Gasteiger charge is -2.37. The largest absolute Gasteiger partial charge is 0.491 e. The van der Waals surface area contributed by atoms with Gasteiger partial charge in [0.05, 0.1) is 6.61 Å². The van der Waals surface area contributed by atoms with Crippen molar-refractivity contribution in [3.05, 3.63) is 24.3 Å². The molecule has 1 rings (SSSR count). The fraction of sp³-hybridized carbons (Fsp3) is 0.500. The Labute approximate surface area is 135 Å². The van der Waals surface area contributed by atoms with Crippen LogP contribution in [0, 0.1) is 0 Å². The van der Waals surface area contributed by atoms with Crippen molar-refractivity contribution in [1.82, 2.24) is 0 Å². The van der Waals surface area contributed by atoms with Crippen molar-refractivity contribution < 1.29 is 53.6 Å². The molecule has 25 heavy (non-hydrogen) atoms. The molecule has 1 aromatic rings. The van der Waals surface area contributed by atoms with E-state index in [9.17, 15) is 44.1 Å². The summed E-state index contributed by atoms with van der Waals surface area (Å²) in [6, 6.07) is 4.94. The number of benzene rings is 1. The summed E-state index contributed by atoms with van der Waals surface area (Å²) in [5.41, 5.74) is -6.32. The van der Waals surface area contributed by atoms with Gasteiger partial charge in [-0.05, 0) is 24.3 Å². The van der Waals surface area contributed by atoms with Gasteiger partial charge < -0.3 is 9.47 Å². The van der Waals surface area contributed by atoms with Crippen molar-refractivity contribution in [1.29, 1.82) is 0 Å². The molecule has 13 heteroatoms. The van der Waals surface area contributed by atoms with E-state index >= 15 is 0 Å². The van der Waals surface area contributed by atoms with E-state index in [4.69, 9.17) is 4.74 Å². The Morgan fingerprint density at radius 2 is 1.20 bits per heavy atom. The SMILES string of the molecule is O=[PH+]c1ccc(OCCOC(C(F)(F)F)(C(F)(F)F)C(F)(F)F)cc1. The van der Waals surface area contributed by atoms with Crippen LogP contribution < -0.4 is 10.0 Å². The van der Waals surface area contributed by atoms with E-state index in [1.165, 1.54) is 24.3 Å². The molecule has 1 atom stereocenters. The van der Waals surface area contributed by atoms with Gasteiger partial charge in [-0.2, -0.15) is 39.5 Å². The van der Waals surface area contributed by atoms with Gasteiger partial charge in [0.25, 0.3) is 0 Å². The Hall–Kier alpha value is -1.55.